The number of alkyl halides is 1. The van der Waals surface area contributed by atoms with Crippen molar-refractivity contribution in [2.45, 2.75) is 43.2 Å². The molecule has 2 saturated heterocycles. The minimum absolute atomic E-state index is 0.0611. The van der Waals surface area contributed by atoms with Crippen molar-refractivity contribution < 1.29 is 13.2 Å². The van der Waals surface area contributed by atoms with E-state index in [2.05, 4.69) is 6.92 Å². The summed E-state index contributed by atoms with van der Waals surface area (Å²) in [6.07, 6.45) is 2.83. The Hall–Kier alpha value is -0.290. The Morgan fingerprint density at radius 1 is 1.28 bits per heavy atom. The first-order chi connectivity index (χ1) is 8.42. The largest absolute Gasteiger partial charge is 0.340 e. The van der Waals surface area contributed by atoms with Gasteiger partial charge in [-0.25, -0.2) is 8.42 Å². The van der Waals surface area contributed by atoms with Crippen LogP contribution in [0.5, 0.6) is 0 Å². The molecule has 0 aromatic heterocycles. The molecule has 104 valence electrons. The summed E-state index contributed by atoms with van der Waals surface area (Å²) in [6.45, 7) is 3.18. The van der Waals surface area contributed by atoms with Gasteiger partial charge in [-0.15, -0.1) is 11.6 Å². The molecule has 18 heavy (non-hydrogen) atoms. The second-order valence-corrected chi connectivity index (χ2v) is 8.28. The second-order valence-electron chi connectivity index (χ2n) is 5.42. The minimum atomic E-state index is -3.24. The van der Waals surface area contributed by atoms with E-state index in [-0.39, 0.29) is 17.0 Å². The van der Waals surface area contributed by atoms with Crippen LogP contribution in [0.3, 0.4) is 0 Å². The minimum Gasteiger partial charge on any atom is -0.340 e. The SMILES string of the molecule is CC1CCN(C(=O)C2CCCCS2(=O)=O)CC1Cl. The summed E-state index contributed by atoms with van der Waals surface area (Å²) < 4.78 is 23.9. The molecule has 2 heterocycles. The Bertz CT molecular complexity index is 423. The van der Waals surface area contributed by atoms with Crippen LogP contribution in [-0.2, 0) is 14.6 Å². The Balaban J connectivity index is 2.07. The van der Waals surface area contributed by atoms with Crippen molar-refractivity contribution in [3.05, 3.63) is 0 Å². The molecule has 2 fully saturated rings. The first kappa shape index (κ1) is 14.1. The number of nitrogens with zero attached hydrogens (tertiary/aromatic N) is 1. The lowest BCUT2D eigenvalue weighted by Gasteiger charge is -2.36. The molecule has 6 heteroatoms. The molecule has 0 saturated carbocycles. The Kier molecular flexibility index (Phi) is 4.22. The number of likely N-dealkylation sites (tertiary alicyclic amines) is 1. The normalized spacial score (nSPS) is 36.3. The fourth-order valence-electron chi connectivity index (χ4n) is 2.66. The highest BCUT2D eigenvalue weighted by Crippen LogP contribution is 2.26. The number of hydrogen-bond donors (Lipinski definition) is 0. The maximum absolute atomic E-state index is 12.3. The van der Waals surface area contributed by atoms with Crippen LogP contribution in [0.2, 0.25) is 0 Å². The van der Waals surface area contributed by atoms with Crippen LogP contribution in [0.1, 0.15) is 32.6 Å². The van der Waals surface area contributed by atoms with Crippen molar-refractivity contribution in [1.29, 1.82) is 0 Å². The van der Waals surface area contributed by atoms with Gasteiger partial charge in [-0.2, -0.15) is 0 Å². The van der Waals surface area contributed by atoms with E-state index in [1.54, 1.807) is 4.90 Å². The van der Waals surface area contributed by atoms with Crippen LogP contribution in [0.25, 0.3) is 0 Å². The van der Waals surface area contributed by atoms with Crippen molar-refractivity contribution in [2.75, 3.05) is 18.8 Å². The molecular formula is C12H20ClNO3S. The standard InChI is InChI=1S/C12H20ClNO3S/c1-9-5-6-14(8-10(9)13)12(15)11-4-2-3-7-18(11,16)17/h9-11H,2-8H2,1H3. The summed E-state index contributed by atoms with van der Waals surface area (Å²) in [5.41, 5.74) is 0. The van der Waals surface area contributed by atoms with Gasteiger partial charge < -0.3 is 4.90 Å². The van der Waals surface area contributed by atoms with Gasteiger partial charge in [0.25, 0.3) is 0 Å². The second kappa shape index (κ2) is 5.37. The Morgan fingerprint density at radius 3 is 2.61 bits per heavy atom. The van der Waals surface area contributed by atoms with E-state index in [4.69, 9.17) is 11.6 Å². The van der Waals surface area contributed by atoms with Gasteiger partial charge in [-0.05, 0) is 25.2 Å². The highest BCUT2D eigenvalue weighted by Gasteiger charge is 2.39. The van der Waals surface area contributed by atoms with Crippen LogP contribution >= 0.6 is 11.6 Å². The number of carbonyl (C=O) groups excluding carboxylic acids is 1. The van der Waals surface area contributed by atoms with Crippen molar-refractivity contribution in [2.24, 2.45) is 5.92 Å². The summed E-state index contributed by atoms with van der Waals surface area (Å²) in [7, 11) is -3.24. The zero-order valence-corrected chi connectivity index (χ0v) is 12.2. The zero-order valence-electron chi connectivity index (χ0n) is 10.6. The molecule has 3 atom stereocenters. The van der Waals surface area contributed by atoms with E-state index in [1.807, 2.05) is 0 Å². The lowest BCUT2D eigenvalue weighted by atomic mass is 9.98. The molecule has 4 nitrogen and oxygen atoms in total. The maximum atomic E-state index is 12.3. The summed E-state index contributed by atoms with van der Waals surface area (Å²) in [4.78, 5) is 14.0. The molecule has 0 aromatic carbocycles. The fourth-order valence-corrected chi connectivity index (χ4v) is 4.82. The van der Waals surface area contributed by atoms with Gasteiger partial charge in [-0.1, -0.05) is 13.3 Å². The highest BCUT2D eigenvalue weighted by atomic mass is 35.5. The average molecular weight is 294 g/mol. The van der Waals surface area contributed by atoms with E-state index in [1.165, 1.54) is 0 Å². The van der Waals surface area contributed by atoms with Crippen molar-refractivity contribution in [3.8, 4) is 0 Å². The predicted octanol–water partition coefficient (Wildman–Crippen LogP) is 1.43. The van der Waals surface area contributed by atoms with E-state index < -0.39 is 15.1 Å². The Labute approximate surface area is 114 Å². The van der Waals surface area contributed by atoms with Crippen LogP contribution in [0, 0.1) is 5.92 Å². The lowest BCUT2D eigenvalue weighted by Crippen LogP contribution is -2.50. The predicted molar refractivity (Wildman–Crippen MR) is 71.4 cm³/mol. The van der Waals surface area contributed by atoms with E-state index in [0.29, 0.717) is 31.8 Å². The number of rotatable bonds is 1. The van der Waals surface area contributed by atoms with Gasteiger partial charge >= 0.3 is 0 Å². The topological polar surface area (TPSA) is 54.5 Å². The van der Waals surface area contributed by atoms with Gasteiger partial charge in [0.1, 0.15) is 5.25 Å². The van der Waals surface area contributed by atoms with E-state index in [0.717, 1.165) is 12.8 Å². The van der Waals surface area contributed by atoms with Gasteiger partial charge in [-0.3, -0.25) is 4.79 Å². The Morgan fingerprint density at radius 2 is 2.00 bits per heavy atom. The van der Waals surface area contributed by atoms with E-state index in [9.17, 15) is 13.2 Å². The molecule has 2 aliphatic rings. The first-order valence-corrected chi connectivity index (χ1v) is 8.71. The van der Waals surface area contributed by atoms with Crippen LogP contribution in [-0.4, -0.2) is 48.7 Å². The quantitative estimate of drug-likeness (QED) is 0.687. The third-order valence-electron chi connectivity index (χ3n) is 4.03. The first-order valence-electron chi connectivity index (χ1n) is 6.56. The monoisotopic (exact) mass is 293 g/mol. The molecular weight excluding hydrogens is 274 g/mol. The molecule has 0 N–H and O–H groups in total. The average Bonchev–Trinajstić information content (AvgIpc) is 2.31. The highest BCUT2D eigenvalue weighted by molar-refractivity contribution is 7.92. The van der Waals surface area contributed by atoms with Crippen molar-refractivity contribution in [1.82, 2.24) is 4.90 Å². The summed E-state index contributed by atoms with van der Waals surface area (Å²) >= 11 is 6.17. The smallest absolute Gasteiger partial charge is 0.240 e. The third-order valence-corrected chi connectivity index (χ3v) is 6.76. The number of hydrogen-bond acceptors (Lipinski definition) is 3. The van der Waals surface area contributed by atoms with Gasteiger partial charge in [0.05, 0.1) is 11.1 Å². The molecule has 0 aliphatic carbocycles. The van der Waals surface area contributed by atoms with Crippen molar-refractivity contribution >= 4 is 27.3 Å². The van der Waals surface area contributed by atoms with Gasteiger partial charge in [0.2, 0.25) is 5.91 Å². The molecule has 2 aliphatic heterocycles. The van der Waals surface area contributed by atoms with Crippen LogP contribution in [0.15, 0.2) is 0 Å². The molecule has 1 amide bonds. The zero-order chi connectivity index (χ0) is 13.3. The lowest BCUT2D eigenvalue weighted by molar-refractivity contribution is -0.132. The maximum Gasteiger partial charge on any atom is 0.240 e. The summed E-state index contributed by atoms with van der Waals surface area (Å²) in [6, 6.07) is 0. The molecule has 0 radical (unpaired) electrons. The number of piperidine rings is 1. The third kappa shape index (κ3) is 2.82. The van der Waals surface area contributed by atoms with Gasteiger partial charge in [0.15, 0.2) is 9.84 Å². The van der Waals surface area contributed by atoms with Crippen molar-refractivity contribution in [3.63, 3.8) is 0 Å². The summed E-state index contributed by atoms with van der Waals surface area (Å²) in [5.74, 6) is 0.309. The molecule has 2 rings (SSSR count). The molecule has 0 bridgehead atoms. The number of amides is 1. The molecule has 3 unspecified atom stereocenters. The number of sulfone groups is 1. The van der Waals surface area contributed by atoms with E-state index >= 15 is 0 Å². The van der Waals surface area contributed by atoms with Crippen LogP contribution < -0.4 is 0 Å². The van der Waals surface area contributed by atoms with Gasteiger partial charge in [0, 0.05) is 13.1 Å². The number of carbonyl (C=O) groups is 1. The fraction of sp³-hybridized carbons (Fsp3) is 0.917. The molecule has 0 aromatic rings. The van der Waals surface area contributed by atoms with Crippen LogP contribution in [0.4, 0.5) is 0 Å². The summed E-state index contributed by atoms with van der Waals surface area (Å²) in [5, 5.41) is -0.877. The number of halogens is 1. The molecule has 0 spiro atoms.